The van der Waals surface area contributed by atoms with Crippen LogP contribution < -0.4 is 0 Å². The fourth-order valence-electron chi connectivity index (χ4n) is 3.21. The Morgan fingerprint density at radius 1 is 1.29 bits per heavy atom. The van der Waals surface area contributed by atoms with E-state index in [1.807, 2.05) is 31.2 Å². The van der Waals surface area contributed by atoms with Gasteiger partial charge in [-0.1, -0.05) is 18.2 Å². The Morgan fingerprint density at radius 3 is 3.00 bits per heavy atom. The number of rotatable bonds is 1. The van der Waals surface area contributed by atoms with Crippen LogP contribution in [-0.2, 0) is 17.6 Å². The summed E-state index contributed by atoms with van der Waals surface area (Å²) in [5.74, 6) is 0. The average Bonchev–Trinajstić information content (AvgIpc) is 3.06. The van der Waals surface area contributed by atoms with E-state index in [1.54, 1.807) is 4.57 Å². The summed E-state index contributed by atoms with van der Waals surface area (Å²) in [5.41, 5.74) is 4.02. The monoisotopic (exact) mass is 280 g/mol. The molecule has 0 amide bonds. The van der Waals surface area contributed by atoms with Gasteiger partial charge in [0, 0.05) is 16.5 Å². The number of hydrogen-bond acceptors (Lipinski definition) is 3. The third kappa shape index (κ3) is 1.75. The zero-order chi connectivity index (χ0) is 14.4. The summed E-state index contributed by atoms with van der Waals surface area (Å²) in [7, 11) is 0. The summed E-state index contributed by atoms with van der Waals surface area (Å²) < 4.78 is 6.81. The van der Waals surface area contributed by atoms with E-state index < -0.39 is 0 Å². The smallest absolute Gasteiger partial charge is 0.420 e. The molecule has 0 atom stereocenters. The first-order valence-electron chi connectivity index (χ1n) is 7.38. The van der Waals surface area contributed by atoms with Crippen LogP contribution in [0.15, 0.2) is 30.3 Å². The van der Waals surface area contributed by atoms with Gasteiger partial charge >= 0.3 is 6.09 Å². The SMILES string of the molecule is CCOC(=O)n1c2ccccc2c2cc3c(nc21)CCC3. The molecule has 4 heteroatoms. The summed E-state index contributed by atoms with van der Waals surface area (Å²) in [6.07, 6.45) is 2.87. The molecule has 0 radical (unpaired) electrons. The average molecular weight is 280 g/mol. The van der Waals surface area contributed by atoms with Crippen LogP contribution in [0.5, 0.6) is 0 Å². The van der Waals surface area contributed by atoms with E-state index in [2.05, 4.69) is 6.07 Å². The van der Waals surface area contributed by atoms with E-state index >= 15 is 0 Å². The molecule has 106 valence electrons. The van der Waals surface area contributed by atoms with Crippen molar-refractivity contribution in [2.45, 2.75) is 26.2 Å². The number of hydrogen-bond donors (Lipinski definition) is 0. The van der Waals surface area contributed by atoms with Gasteiger partial charge in [0.05, 0.1) is 12.1 Å². The molecule has 21 heavy (non-hydrogen) atoms. The maximum atomic E-state index is 12.3. The molecule has 3 aromatic rings. The molecule has 0 bridgehead atoms. The van der Waals surface area contributed by atoms with Crippen LogP contribution in [-0.4, -0.2) is 22.3 Å². The van der Waals surface area contributed by atoms with Crippen molar-refractivity contribution in [3.63, 3.8) is 0 Å². The van der Waals surface area contributed by atoms with E-state index in [0.29, 0.717) is 6.61 Å². The van der Waals surface area contributed by atoms with E-state index in [0.717, 1.165) is 46.9 Å². The minimum absolute atomic E-state index is 0.353. The van der Waals surface area contributed by atoms with E-state index in [1.165, 1.54) is 5.56 Å². The number of carbonyl (C=O) groups excluding carboxylic acids is 1. The van der Waals surface area contributed by atoms with Crippen molar-refractivity contribution in [2.75, 3.05) is 6.61 Å². The molecular weight excluding hydrogens is 264 g/mol. The van der Waals surface area contributed by atoms with Crippen molar-refractivity contribution in [1.29, 1.82) is 0 Å². The number of pyridine rings is 1. The van der Waals surface area contributed by atoms with Crippen molar-refractivity contribution < 1.29 is 9.53 Å². The number of ether oxygens (including phenoxy) is 1. The molecule has 2 aromatic heterocycles. The maximum Gasteiger partial charge on any atom is 0.420 e. The van der Waals surface area contributed by atoms with Gasteiger partial charge in [0.25, 0.3) is 0 Å². The number of aryl methyl sites for hydroxylation is 2. The van der Waals surface area contributed by atoms with E-state index in [4.69, 9.17) is 9.72 Å². The van der Waals surface area contributed by atoms with Crippen LogP contribution in [0.1, 0.15) is 24.6 Å². The van der Waals surface area contributed by atoms with Gasteiger partial charge in [0.1, 0.15) is 0 Å². The van der Waals surface area contributed by atoms with Crippen LogP contribution in [0.4, 0.5) is 4.79 Å². The Labute approximate surface area is 122 Å². The standard InChI is InChI=1S/C17H16N2O2/c1-2-21-17(20)19-15-9-4-3-7-12(15)13-10-11-6-5-8-14(11)18-16(13)19/h3-4,7,9-10H,2,5-6,8H2,1H3. The lowest BCUT2D eigenvalue weighted by Gasteiger charge is -2.06. The van der Waals surface area contributed by atoms with Crippen molar-refractivity contribution in [1.82, 2.24) is 9.55 Å². The topological polar surface area (TPSA) is 44.1 Å². The zero-order valence-electron chi connectivity index (χ0n) is 11.9. The largest absolute Gasteiger partial charge is 0.449 e. The summed E-state index contributed by atoms with van der Waals surface area (Å²) >= 11 is 0. The molecule has 0 aliphatic heterocycles. The van der Waals surface area contributed by atoms with Gasteiger partial charge in [-0.2, -0.15) is 0 Å². The number of fused-ring (bicyclic) bond motifs is 4. The molecule has 1 aliphatic rings. The van der Waals surface area contributed by atoms with Gasteiger partial charge in [-0.15, -0.1) is 0 Å². The molecule has 4 rings (SSSR count). The van der Waals surface area contributed by atoms with Gasteiger partial charge in [-0.05, 0) is 43.9 Å². The van der Waals surface area contributed by atoms with Crippen molar-refractivity contribution in [3.8, 4) is 0 Å². The predicted molar refractivity (Wildman–Crippen MR) is 81.7 cm³/mol. The summed E-state index contributed by atoms with van der Waals surface area (Å²) in [6.45, 7) is 2.18. The maximum absolute atomic E-state index is 12.3. The van der Waals surface area contributed by atoms with Crippen LogP contribution in [0.25, 0.3) is 21.9 Å². The molecule has 1 aliphatic carbocycles. The van der Waals surface area contributed by atoms with Crippen LogP contribution in [0, 0.1) is 0 Å². The van der Waals surface area contributed by atoms with Crippen LogP contribution in [0.3, 0.4) is 0 Å². The second-order valence-electron chi connectivity index (χ2n) is 5.37. The second-order valence-corrected chi connectivity index (χ2v) is 5.37. The first-order valence-corrected chi connectivity index (χ1v) is 7.38. The first-order chi connectivity index (χ1) is 10.3. The van der Waals surface area contributed by atoms with E-state index in [-0.39, 0.29) is 6.09 Å². The van der Waals surface area contributed by atoms with Crippen molar-refractivity contribution in [3.05, 3.63) is 41.6 Å². The molecule has 0 N–H and O–H groups in total. The first kappa shape index (κ1) is 12.4. The van der Waals surface area contributed by atoms with Gasteiger partial charge in [0.2, 0.25) is 0 Å². The Hall–Kier alpha value is -2.36. The fraction of sp³-hybridized carbons (Fsp3) is 0.294. The van der Waals surface area contributed by atoms with Gasteiger partial charge < -0.3 is 4.74 Å². The van der Waals surface area contributed by atoms with Crippen molar-refractivity contribution >= 4 is 28.0 Å². The zero-order valence-corrected chi connectivity index (χ0v) is 11.9. The third-order valence-corrected chi connectivity index (χ3v) is 4.13. The molecule has 0 saturated heterocycles. The number of nitrogens with zero attached hydrogens (tertiary/aromatic N) is 2. The number of para-hydroxylation sites is 1. The van der Waals surface area contributed by atoms with Gasteiger partial charge in [-0.3, -0.25) is 0 Å². The third-order valence-electron chi connectivity index (χ3n) is 4.13. The highest BCUT2D eigenvalue weighted by molar-refractivity contribution is 6.11. The lowest BCUT2D eigenvalue weighted by Crippen LogP contribution is -2.14. The molecule has 0 fully saturated rings. The Kier molecular flexibility index (Phi) is 2.70. The number of aromatic nitrogens is 2. The van der Waals surface area contributed by atoms with Crippen molar-refractivity contribution in [2.24, 2.45) is 0 Å². The number of benzene rings is 1. The summed E-state index contributed by atoms with van der Waals surface area (Å²) in [6, 6.07) is 10.1. The van der Waals surface area contributed by atoms with Gasteiger partial charge in [0.15, 0.2) is 5.65 Å². The fourth-order valence-corrected chi connectivity index (χ4v) is 3.21. The second kappa shape index (κ2) is 4.58. The minimum Gasteiger partial charge on any atom is -0.449 e. The quantitative estimate of drug-likeness (QED) is 0.683. The number of carbonyl (C=O) groups is 1. The normalized spacial score (nSPS) is 13.8. The summed E-state index contributed by atoms with van der Waals surface area (Å²) in [5, 5.41) is 2.10. The van der Waals surface area contributed by atoms with Crippen LogP contribution >= 0.6 is 0 Å². The van der Waals surface area contributed by atoms with Crippen LogP contribution in [0.2, 0.25) is 0 Å². The highest BCUT2D eigenvalue weighted by atomic mass is 16.5. The lowest BCUT2D eigenvalue weighted by molar-refractivity contribution is 0.156. The molecule has 0 saturated carbocycles. The molecule has 4 nitrogen and oxygen atoms in total. The molecule has 1 aromatic carbocycles. The molecule has 0 spiro atoms. The highest BCUT2D eigenvalue weighted by Gasteiger charge is 2.21. The highest BCUT2D eigenvalue weighted by Crippen LogP contribution is 2.32. The molecule has 2 heterocycles. The predicted octanol–water partition coefficient (Wildman–Crippen LogP) is 3.68. The minimum atomic E-state index is -0.353. The Balaban J connectivity index is 2.10. The molecular formula is C17H16N2O2. The lowest BCUT2D eigenvalue weighted by atomic mass is 10.1. The summed E-state index contributed by atoms with van der Waals surface area (Å²) in [4.78, 5) is 17.1. The van der Waals surface area contributed by atoms with E-state index in [9.17, 15) is 4.79 Å². The van der Waals surface area contributed by atoms with Gasteiger partial charge in [-0.25, -0.2) is 14.3 Å². The molecule has 0 unspecified atom stereocenters. The Bertz CT molecular complexity index is 864. The Morgan fingerprint density at radius 2 is 2.14 bits per heavy atom.